The number of carbonyl (C=O) groups is 1. The number of halogens is 2. The number of H-pyrrole nitrogens is 1. The molecule has 23 heavy (non-hydrogen) atoms. The van der Waals surface area contributed by atoms with Crippen molar-refractivity contribution in [2.45, 2.75) is 45.1 Å². The maximum absolute atomic E-state index is 13.8. The Bertz CT molecular complexity index is 719. The number of aromatic amines is 1. The van der Waals surface area contributed by atoms with Crippen LogP contribution in [0.15, 0.2) is 18.2 Å². The van der Waals surface area contributed by atoms with Gasteiger partial charge in [0.1, 0.15) is 17.3 Å². The van der Waals surface area contributed by atoms with Gasteiger partial charge in [0.05, 0.1) is 5.52 Å². The molecule has 1 amide bonds. The monoisotopic (exact) mass is 320 g/mol. The number of amides is 1. The van der Waals surface area contributed by atoms with Crippen molar-refractivity contribution in [3.05, 3.63) is 35.5 Å². The fourth-order valence-corrected chi connectivity index (χ4v) is 3.55. The van der Waals surface area contributed by atoms with E-state index >= 15 is 0 Å². The predicted octanol–water partition coefficient (Wildman–Crippen LogP) is 4.49. The Labute approximate surface area is 134 Å². The second-order valence-corrected chi connectivity index (χ2v) is 6.68. The number of hydrogen-bond donors (Lipinski definition) is 1. The fourth-order valence-electron chi connectivity index (χ4n) is 3.55. The van der Waals surface area contributed by atoms with Gasteiger partial charge in [0, 0.05) is 24.5 Å². The molecule has 1 unspecified atom stereocenters. The van der Waals surface area contributed by atoms with Crippen LogP contribution in [0, 0.1) is 17.6 Å². The van der Waals surface area contributed by atoms with Gasteiger partial charge < -0.3 is 9.88 Å². The van der Waals surface area contributed by atoms with Crippen molar-refractivity contribution < 1.29 is 13.6 Å². The minimum atomic E-state index is -0.656. The molecule has 1 atom stereocenters. The van der Waals surface area contributed by atoms with E-state index in [1.807, 2.05) is 6.92 Å². The first-order valence-corrected chi connectivity index (χ1v) is 8.20. The van der Waals surface area contributed by atoms with E-state index in [1.165, 1.54) is 37.8 Å². The van der Waals surface area contributed by atoms with Crippen molar-refractivity contribution in [3.8, 4) is 0 Å². The summed E-state index contributed by atoms with van der Waals surface area (Å²) in [5.41, 5.74) is 0.605. The summed E-state index contributed by atoms with van der Waals surface area (Å²) in [6.07, 6.45) is 6.03. The quantitative estimate of drug-likeness (QED) is 0.885. The summed E-state index contributed by atoms with van der Waals surface area (Å²) < 4.78 is 27.0. The zero-order valence-electron chi connectivity index (χ0n) is 13.5. The van der Waals surface area contributed by atoms with Crippen LogP contribution < -0.4 is 0 Å². The summed E-state index contributed by atoms with van der Waals surface area (Å²) in [4.78, 5) is 17.1. The van der Waals surface area contributed by atoms with Gasteiger partial charge in [0.25, 0.3) is 5.91 Å². The molecule has 1 saturated carbocycles. The summed E-state index contributed by atoms with van der Waals surface area (Å²) in [6, 6.07) is 3.62. The van der Waals surface area contributed by atoms with Crippen LogP contribution in [0.25, 0.3) is 10.9 Å². The van der Waals surface area contributed by atoms with Crippen molar-refractivity contribution in [2.75, 3.05) is 7.05 Å². The summed E-state index contributed by atoms with van der Waals surface area (Å²) in [7, 11) is 1.77. The molecule has 1 heterocycles. The number of hydrogen-bond acceptors (Lipinski definition) is 1. The van der Waals surface area contributed by atoms with Crippen LogP contribution in [0.2, 0.25) is 0 Å². The fraction of sp³-hybridized carbons (Fsp3) is 0.500. The standard InChI is InChI=1S/C18H22F2N2O/c1-11(7-12-5-3-4-6-12)22(2)18(23)17-10-14-15(20)8-13(19)9-16(14)21-17/h8-12,21H,3-7H2,1-2H3. The van der Waals surface area contributed by atoms with Gasteiger partial charge >= 0.3 is 0 Å². The molecule has 1 aromatic carbocycles. The van der Waals surface area contributed by atoms with Crippen molar-refractivity contribution >= 4 is 16.8 Å². The number of benzene rings is 1. The topological polar surface area (TPSA) is 36.1 Å². The lowest BCUT2D eigenvalue weighted by Gasteiger charge is -2.26. The number of aromatic nitrogens is 1. The van der Waals surface area contributed by atoms with Crippen LogP contribution in [0.1, 0.15) is 49.5 Å². The molecule has 1 aliphatic rings. The first-order chi connectivity index (χ1) is 11.0. The lowest BCUT2D eigenvalue weighted by Crippen LogP contribution is -2.36. The molecule has 1 aliphatic carbocycles. The number of carbonyl (C=O) groups excluding carboxylic acids is 1. The molecule has 5 heteroatoms. The van der Waals surface area contributed by atoms with Gasteiger partial charge in [0.2, 0.25) is 0 Å². The van der Waals surface area contributed by atoms with Crippen molar-refractivity contribution in [1.29, 1.82) is 0 Å². The minimum Gasteiger partial charge on any atom is -0.350 e. The second kappa shape index (κ2) is 6.30. The molecule has 1 N–H and O–H groups in total. The Kier molecular flexibility index (Phi) is 4.37. The van der Waals surface area contributed by atoms with Crippen molar-refractivity contribution in [2.24, 2.45) is 5.92 Å². The van der Waals surface area contributed by atoms with Gasteiger partial charge in [-0.3, -0.25) is 4.79 Å². The minimum absolute atomic E-state index is 0.124. The van der Waals surface area contributed by atoms with Gasteiger partial charge in [0.15, 0.2) is 0 Å². The molecular weight excluding hydrogens is 298 g/mol. The number of nitrogens with zero attached hydrogens (tertiary/aromatic N) is 1. The van der Waals surface area contributed by atoms with Gasteiger partial charge in [-0.15, -0.1) is 0 Å². The third-order valence-electron chi connectivity index (χ3n) is 5.01. The largest absolute Gasteiger partial charge is 0.350 e. The van der Waals surface area contributed by atoms with Crippen LogP contribution >= 0.6 is 0 Å². The Balaban J connectivity index is 1.77. The SMILES string of the molecule is CC(CC1CCCC1)N(C)C(=O)c1cc2c(F)cc(F)cc2[nH]1. The van der Waals surface area contributed by atoms with Crippen LogP contribution in [-0.2, 0) is 0 Å². The molecular formula is C18H22F2N2O. The molecule has 0 aliphatic heterocycles. The lowest BCUT2D eigenvalue weighted by molar-refractivity contribution is 0.0719. The maximum Gasteiger partial charge on any atom is 0.270 e. The van der Waals surface area contributed by atoms with Crippen molar-refractivity contribution in [1.82, 2.24) is 9.88 Å². The summed E-state index contributed by atoms with van der Waals surface area (Å²) in [6.45, 7) is 2.04. The third-order valence-corrected chi connectivity index (χ3v) is 5.01. The van der Waals surface area contributed by atoms with E-state index in [2.05, 4.69) is 4.98 Å². The van der Waals surface area contributed by atoms with Crippen LogP contribution in [0.5, 0.6) is 0 Å². The normalized spacial score (nSPS) is 16.9. The van der Waals surface area contributed by atoms with Gasteiger partial charge in [-0.05, 0) is 31.4 Å². The van der Waals surface area contributed by atoms with Gasteiger partial charge in [-0.2, -0.15) is 0 Å². The van der Waals surface area contributed by atoms with Crippen molar-refractivity contribution in [3.63, 3.8) is 0 Å². The average Bonchev–Trinajstić information content (AvgIpc) is 3.14. The second-order valence-electron chi connectivity index (χ2n) is 6.68. The van der Waals surface area contributed by atoms with E-state index in [9.17, 15) is 13.6 Å². The summed E-state index contributed by atoms with van der Waals surface area (Å²) in [5, 5.41) is 0.242. The summed E-state index contributed by atoms with van der Waals surface area (Å²) in [5.74, 6) is -0.809. The number of rotatable bonds is 4. The first kappa shape index (κ1) is 16.0. The maximum atomic E-state index is 13.8. The zero-order valence-corrected chi connectivity index (χ0v) is 13.5. The van der Waals surface area contributed by atoms with E-state index in [1.54, 1.807) is 11.9 Å². The highest BCUT2D eigenvalue weighted by molar-refractivity contribution is 5.98. The molecule has 1 aromatic heterocycles. The van der Waals surface area contributed by atoms with E-state index in [0.29, 0.717) is 17.1 Å². The lowest BCUT2D eigenvalue weighted by atomic mass is 9.98. The molecule has 1 fully saturated rings. The van der Waals surface area contributed by atoms with Crippen LogP contribution in [0.4, 0.5) is 8.78 Å². The highest BCUT2D eigenvalue weighted by atomic mass is 19.1. The molecule has 2 aromatic rings. The highest BCUT2D eigenvalue weighted by Crippen LogP contribution is 2.30. The molecule has 0 bridgehead atoms. The Morgan fingerprint density at radius 2 is 2.00 bits per heavy atom. The Hall–Kier alpha value is -1.91. The van der Waals surface area contributed by atoms with Crippen LogP contribution in [-0.4, -0.2) is 28.9 Å². The molecule has 3 nitrogen and oxygen atoms in total. The summed E-state index contributed by atoms with van der Waals surface area (Å²) >= 11 is 0. The van der Waals surface area contributed by atoms with E-state index in [4.69, 9.17) is 0 Å². The van der Waals surface area contributed by atoms with Crippen LogP contribution in [0.3, 0.4) is 0 Å². The predicted molar refractivity (Wildman–Crippen MR) is 86.3 cm³/mol. The molecule has 0 spiro atoms. The van der Waals surface area contributed by atoms with E-state index < -0.39 is 11.6 Å². The van der Waals surface area contributed by atoms with Gasteiger partial charge in [-0.25, -0.2) is 8.78 Å². The van der Waals surface area contributed by atoms with E-state index in [-0.39, 0.29) is 17.3 Å². The highest BCUT2D eigenvalue weighted by Gasteiger charge is 2.24. The Morgan fingerprint density at radius 3 is 2.70 bits per heavy atom. The third kappa shape index (κ3) is 3.23. The Morgan fingerprint density at radius 1 is 1.30 bits per heavy atom. The van der Waals surface area contributed by atoms with Gasteiger partial charge in [-0.1, -0.05) is 25.7 Å². The molecule has 3 rings (SSSR count). The van der Waals surface area contributed by atoms with E-state index in [0.717, 1.165) is 12.5 Å². The average molecular weight is 320 g/mol. The molecule has 0 saturated heterocycles. The molecule has 0 radical (unpaired) electrons. The first-order valence-electron chi connectivity index (χ1n) is 8.20. The smallest absolute Gasteiger partial charge is 0.270 e. The number of fused-ring (bicyclic) bond motifs is 1. The molecule has 124 valence electrons. The zero-order chi connectivity index (χ0) is 16.6. The number of nitrogens with one attached hydrogen (secondary N) is 1.